The van der Waals surface area contributed by atoms with Gasteiger partial charge in [0.1, 0.15) is 11.5 Å². The van der Waals surface area contributed by atoms with Crippen LogP contribution in [0.2, 0.25) is 0 Å². The van der Waals surface area contributed by atoms with Crippen LogP contribution in [-0.2, 0) is 16.1 Å². The average Bonchev–Trinajstić information content (AvgIpc) is 2.57. The molecule has 7 heteroatoms. The molecule has 1 aliphatic heterocycles. The zero-order valence-electron chi connectivity index (χ0n) is 14.7. The van der Waals surface area contributed by atoms with E-state index in [4.69, 9.17) is 9.47 Å². The Morgan fingerprint density at radius 3 is 2.42 bits per heavy atom. The number of carbonyl (C=O) groups is 2. The molecule has 24 heavy (non-hydrogen) atoms. The lowest BCUT2D eigenvalue weighted by atomic mass is 10.1. The van der Waals surface area contributed by atoms with Crippen molar-refractivity contribution in [2.45, 2.75) is 19.0 Å². The largest absolute Gasteiger partial charge is 0.497 e. The van der Waals surface area contributed by atoms with E-state index in [0.717, 1.165) is 5.56 Å². The van der Waals surface area contributed by atoms with Gasteiger partial charge in [0.25, 0.3) is 0 Å². The highest BCUT2D eigenvalue weighted by molar-refractivity contribution is 5.88. The number of nitrogens with zero attached hydrogens (tertiary/aromatic N) is 2. The number of hydrogen-bond acceptors (Lipinski definition) is 5. The molecule has 2 rings (SSSR count). The van der Waals surface area contributed by atoms with Crippen molar-refractivity contribution >= 4 is 11.8 Å². The molecule has 0 spiro atoms. The maximum absolute atomic E-state index is 12.2. The summed E-state index contributed by atoms with van der Waals surface area (Å²) in [5.74, 6) is 1.23. The highest BCUT2D eigenvalue weighted by Crippen LogP contribution is 2.24. The number of benzene rings is 1. The van der Waals surface area contributed by atoms with Crippen LogP contribution in [0.25, 0.3) is 0 Å². The van der Waals surface area contributed by atoms with Gasteiger partial charge in [0.05, 0.1) is 26.7 Å². The van der Waals surface area contributed by atoms with E-state index in [1.165, 1.54) is 4.90 Å². The van der Waals surface area contributed by atoms with Crippen LogP contribution < -0.4 is 14.8 Å². The van der Waals surface area contributed by atoms with Gasteiger partial charge in [-0.3, -0.25) is 14.5 Å². The summed E-state index contributed by atoms with van der Waals surface area (Å²) in [6.45, 7) is 1.82. The van der Waals surface area contributed by atoms with Gasteiger partial charge >= 0.3 is 0 Å². The Kier molecular flexibility index (Phi) is 6.03. The number of methoxy groups -OCH3 is 2. The molecule has 1 saturated heterocycles. The highest BCUT2D eigenvalue weighted by atomic mass is 16.5. The molecular formula is C17H25N3O4. The van der Waals surface area contributed by atoms with Gasteiger partial charge in [0.15, 0.2) is 0 Å². The van der Waals surface area contributed by atoms with Crippen LogP contribution in [0.5, 0.6) is 11.5 Å². The molecule has 7 nitrogen and oxygen atoms in total. The zero-order valence-corrected chi connectivity index (χ0v) is 14.7. The smallest absolute Gasteiger partial charge is 0.237 e. The minimum atomic E-state index is -0.467. The molecular weight excluding hydrogens is 310 g/mol. The van der Waals surface area contributed by atoms with Crippen molar-refractivity contribution < 1.29 is 19.1 Å². The number of carbonyl (C=O) groups excluding carboxylic acids is 2. The van der Waals surface area contributed by atoms with E-state index in [1.54, 1.807) is 34.4 Å². The molecule has 1 aliphatic rings. The van der Waals surface area contributed by atoms with Gasteiger partial charge in [-0.05, 0) is 17.7 Å². The first-order valence-electron chi connectivity index (χ1n) is 7.88. The van der Waals surface area contributed by atoms with Crippen LogP contribution in [0.1, 0.15) is 12.0 Å². The minimum absolute atomic E-state index is 0.0646. The van der Waals surface area contributed by atoms with Crippen molar-refractivity contribution in [2.24, 2.45) is 0 Å². The molecule has 132 valence electrons. The molecule has 0 aliphatic carbocycles. The zero-order chi connectivity index (χ0) is 17.7. The second kappa shape index (κ2) is 8.01. The SMILES string of the molecule is COc1cc(CN2CCNC(=O)[C@@H]2CC(=O)N(C)C)cc(OC)c1. The molecule has 2 amide bonds. The molecule has 0 bridgehead atoms. The van der Waals surface area contributed by atoms with E-state index in [1.807, 2.05) is 17.0 Å². The summed E-state index contributed by atoms with van der Waals surface area (Å²) >= 11 is 0. The number of piperazine rings is 1. The number of rotatable bonds is 6. The predicted octanol–water partition coefficient (Wildman–Crippen LogP) is 0.483. The fourth-order valence-corrected chi connectivity index (χ4v) is 2.71. The van der Waals surface area contributed by atoms with Gasteiger partial charge in [0, 0.05) is 39.8 Å². The van der Waals surface area contributed by atoms with E-state index >= 15 is 0 Å². The van der Waals surface area contributed by atoms with E-state index < -0.39 is 6.04 Å². The second-order valence-corrected chi connectivity index (χ2v) is 5.99. The first-order chi connectivity index (χ1) is 11.4. The van der Waals surface area contributed by atoms with E-state index in [-0.39, 0.29) is 18.2 Å². The molecule has 1 aromatic carbocycles. The molecule has 1 heterocycles. The quantitative estimate of drug-likeness (QED) is 0.819. The summed E-state index contributed by atoms with van der Waals surface area (Å²) in [6, 6.07) is 5.17. The summed E-state index contributed by atoms with van der Waals surface area (Å²) < 4.78 is 10.6. The first kappa shape index (κ1) is 18.1. The first-order valence-corrected chi connectivity index (χ1v) is 7.88. The van der Waals surface area contributed by atoms with Crippen molar-refractivity contribution in [3.8, 4) is 11.5 Å². The molecule has 1 fully saturated rings. The fourth-order valence-electron chi connectivity index (χ4n) is 2.71. The predicted molar refractivity (Wildman–Crippen MR) is 90.1 cm³/mol. The number of hydrogen-bond donors (Lipinski definition) is 1. The standard InChI is InChI=1S/C17H25N3O4/c1-19(2)16(21)10-15-17(22)18-5-6-20(15)11-12-7-13(23-3)9-14(8-12)24-4/h7-9,15H,5-6,10-11H2,1-4H3,(H,18,22)/t15-/m0/s1. The Balaban J connectivity index is 2.18. The Morgan fingerprint density at radius 1 is 1.25 bits per heavy atom. The fraction of sp³-hybridized carbons (Fsp3) is 0.529. The molecule has 1 atom stereocenters. The Morgan fingerprint density at radius 2 is 1.88 bits per heavy atom. The van der Waals surface area contributed by atoms with Crippen LogP contribution in [-0.4, -0.2) is 69.1 Å². The number of nitrogens with one attached hydrogen (secondary N) is 1. The second-order valence-electron chi connectivity index (χ2n) is 5.99. The highest BCUT2D eigenvalue weighted by Gasteiger charge is 2.32. The van der Waals surface area contributed by atoms with Crippen molar-refractivity contribution in [3.05, 3.63) is 23.8 Å². The summed E-state index contributed by atoms with van der Waals surface area (Å²) in [6.07, 6.45) is 0.167. The maximum Gasteiger partial charge on any atom is 0.237 e. The minimum Gasteiger partial charge on any atom is -0.497 e. The van der Waals surface area contributed by atoms with Crippen molar-refractivity contribution in [3.63, 3.8) is 0 Å². The van der Waals surface area contributed by atoms with Gasteiger partial charge in [-0.2, -0.15) is 0 Å². The molecule has 0 unspecified atom stereocenters. The van der Waals surface area contributed by atoms with E-state index in [0.29, 0.717) is 31.1 Å². The molecule has 0 aromatic heterocycles. The molecule has 0 saturated carbocycles. The lowest BCUT2D eigenvalue weighted by Gasteiger charge is -2.35. The lowest BCUT2D eigenvalue weighted by Crippen LogP contribution is -2.56. The maximum atomic E-state index is 12.2. The van der Waals surface area contributed by atoms with Gasteiger partial charge in [-0.25, -0.2) is 0 Å². The topological polar surface area (TPSA) is 71.1 Å². The van der Waals surface area contributed by atoms with Gasteiger partial charge < -0.3 is 19.7 Å². The number of amides is 2. The van der Waals surface area contributed by atoms with Gasteiger partial charge in [0.2, 0.25) is 11.8 Å². The Bertz CT molecular complexity index is 581. The summed E-state index contributed by atoms with van der Waals surface area (Å²) in [4.78, 5) is 27.8. The average molecular weight is 335 g/mol. The van der Waals surface area contributed by atoms with Crippen LogP contribution >= 0.6 is 0 Å². The van der Waals surface area contributed by atoms with E-state index in [2.05, 4.69) is 5.32 Å². The lowest BCUT2D eigenvalue weighted by molar-refractivity contribution is -0.137. The molecule has 1 N–H and O–H groups in total. The normalized spacial score (nSPS) is 18.0. The molecule has 0 radical (unpaired) electrons. The summed E-state index contributed by atoms with van der Waals surface area (Å²) in [5.41, 5.74) is 0.975. The molecule has 1 aromatic rings. The van der Waals surface area contributed by atoms with Crippen LogP contribution in [0.4, 0.5) is 0 Å². The van der Waals surface area contributed by atoms with Crippen molar-refractivity contribution in [1.29, 1.82) is 0 Å². The third-order valence-electron chi connectivity index (χ3n) is 4.11. The third kappa shape index (κ3) is 4.38. The van der Waals surface area contributed by atoms with Crippen molar-refractivity contribution in [1.82, 2.24) is 15.1 Å². The van der Waals surface area contributed by atoms with Crippen molar-refractivity contribution in [2.75, 3.05) is 41.4 Å². The van der Waals surface area contributed by atoms with Gasteiger partial charge in [-0.15, -0.1) is 0 Å². The van der Waals surface area contributed by atoms with Crippen LogP contribution in [0.3, 0.4) is 0 Å². The van der Waals surface area contributed by atoms with Gasteiger partial charge in [-0.1, -0.05) is 0 Å². The third-order valence-corrected chi connectivity index (χ3v) is 4.11. The van der Waals surface area contributed by atoms with Crippen LogP contribution in [0.15, 0.2) is 18.2 Å². The van der Waals surface area contributed by atoms with E-state index in [9.17, 15) is 9.59 Å². The number of ether oxygens (including phenoxy) is 2. The van der Waals surface area contributed by atoms with Crippen LogP contribution in [0, 0.1) is 0 Å². The Labute approximate surface area is 142 Å². The summed E-state index contributed by atoms with van der Waals surface area (Å²) in [7, 11) is 6.59. The monoisotopic (exact) mass is 335 g/mol. The summed E-state index contributed by atoms with van der Waals surface area (Å²) in [5, 5.41) is 2.84. The Hall–Kier alpha value is -2.28.